The molecule has 6 nitrogen and oxygen atoms in total. The maximum Gasteiger partial charge on any atom is 0.142 e. The van der Waals surface area contributed by atoms with E-state index in [4.69, 9.17) is 0 Å². The maximum absolute atomic E-state index is 12.8. The van der Waals surface area contributed by atoms with E-state index >= 15 is 0 Å². The fraction of sp³-hybridized carbons (Fsp3) is 0.455. The van der Waals surface area contributed by atoms with Crippen LogP contribution < -0.4 is 0 Å². The van der Waals surface area contributed by atoms with E-state index in [9.17, 15) is 4.79 Å². The SMILES string of the molecule is CCCN1CCC(C(=O)Cc2cc3cc(-c4cn(C)nn4)ccc3cn2)CC1. The molecule has 0 N–H and O–H groups in total. The van der Waals surface area contributed by atoms with Crippen LogP contribution in [0, 0.1) is 5.92 Å². The van der Waals surface area contributed by atoms with Crippen molar-refractivity contribution in [3.8, 4) is 11.3 Å². The van der Waals surface area contributed by atoms with Crippen LogP contribution in [0.2, 0.25) is 0 Å². The third-order valence-electron chi connectivity index (χ3n) is 5.61. The van der Waals surface area contributed by atoms with E-state index < -0.39 is 0 Å². The van der Waals surface area contributed by atoms with Gasteiger partial charge >= 0.3 is 0 Å². The second kappa shape index (κ2) is 8.19. The summed E-state index contributed by atoms with van der Waals surface area (Å²) in [4.78, 5) is 19.8. The standard InChI is InChI=1S/C22H27N5O/c1-3-8-27-9-6-16(7-10-27)22(28)13-20-12-19-11-17(4-5-18(19)14-23-20)21-15-26(2)25-24-21/h4-5,11-12,14-16H,3,6-10,13H2,1-2H3. The van der Waals surface area contributed by atoms with Crippen molar-refractivity contribution in [1.82, 2.24) is 24.9 Å². The number of aromatic nitrogens is 4. The van der Waals surface area contributed by atoms with Crippen LogP contribution in [-0.2, 0) is 18.3 Å². The Bertz CT molecular complexity index is 972. The summed E-state index contributed by atoms with van der Waals surface area (Å²) >= 11 is 0. The van der Waals surface area contributed by atoms with Crippen molar-refractivity contribution in [2.45, 2.75) is 32.6 Å². The smallest absolute Gasteiger partial charge is 0.142 e. The molecule has 0 radical (unpaired) electrons. The third-order valence-corrected chi connectivity index (χ3v) is 5.61. The summed E-state index contributed by atoms with van der Waals surface area (Å²) in [6, 6.07) is 8.21. The summed E-state index contributed by atoms with van der Waals surface area (Å²) < 4.78 is 1.70. The lowest BCUT2D eigenvalue weighted by Gasteiger charge is -2.30. The lowest BCUT2D eigenvalue weighted by Crippen LogP contribution is -2.37. The van der Waals surface area contributed by atoms with Gasteiger partial charge < -0.3 is 4.90 Å². The lowest BCUT2D eigenvalue weighted by atomic mass is 9.90. The number of benzene rings is 1. The summed E-state index contributed by atoms with van der Waals surface area (Å²) in [6.07, 6.45) is 7.31. The number of ketones is 1. The van der Waals surface area contributed by atoms with Crippen LogP contribution in [0.25, 0.3) is 22.0 Å². The quantitative estimate of drug-likeness (QED) is 0.660. The molecule has 1 aliphatic rings. The monoisotopic (exact) mass is 377 g/mol. The second-order valence-corrected chi connectivity index (χ2v) is 7.77. The van der Waals surface area contributed by atoms with Crippen LogP contribution in [0.3, 0.4) is 0 Å². The third kappa shape index (κ3) is 4.12. The molecule has 1 saturated heterocycles. The van der Waals surface area contributed by atoms with Gasteiger partial charge in [-0.05, 0) is 56.4 Å². The molecule has 4 rings (SSSR count). The molecule has 0 bridgehead atoms. The number of piperidine rings is 1. The Morgan fingerprint density at radius 1 is 1.18 bits per heavy atom. The molecule has 28 heavy (non-hydrogen) atoms. The Balaban J connectivity index is 1.47. The van der Waals surface area contributed by atoms with E-state index in [-0.39, 0.29) is 5.92 Å². The first-order valence-corrected chi connectivity index (χ1v) is 10.1. The molecule has 0 aliphatic carbocycles. The van der Waals surface area contributed by atoms with Gasteiger partial charge in [0, 0.05) is 42.2 Å². The zero-order valence-electron chi connectivity index (χ0n) is 16.6. The molecule has 0 spiro atoms. The average molecular weight is 377 g/mol. The van der Waals surface area contributed by atoms with Crippen molar-refractivity contribution in [2.75, 3.05) is 19.6 Å². The largest absolute Gasteiger partial charge is 0.303 e. The fourth-order valence-electron chi connectivity index (χ4n) is 4.04. The highest BCUT2D eigenvalue weighted by Crippen LogP contribution is 2.24. The lowest BCUT2D eigenvalue weighted by molar-refractivity contribution is -0.123. The van der Waals surface area contributed by atoms with Gasteiger partial charge in [-0.3, -0.25) is 14.5 Å². The minimum atomic E-state index is 0.177. The summed E-state index contributed by atoms with van der Waals surface area (Å²) in [5.74, 6) is 0.504. The molecule has 0 amide bonds. The first kappa shape index (κ1) is 18.7. The van der Waals surface area contributed by atoms with Gasteiger partial charge in [0.2, 0.25) is 0 Å². The molecule has 0 saturated carbocycles. The van der Waals surface area contributed by atoms with E-state index in [2.05, 4.69) is 33.2 Å². The molecule has 3 heterocycles. The first-order chi connectivity index (χ1) is 13.6. The zero-order chi connectivity index (χ0) is 19.5. The van der Waals surface area contributed by atoms with E-state index in [0.29, 0.717) is 12.2 Å². The molecule has 6 heteroatoms. The van der Waals surface area contributed by atoms with E-state index in [1.807, 2.05) is 37.6 Å². The summed E-state index contributed by atoms with van der Waals surface area (Å²) in [5.41, 5.74) is 2.72. The van der Waals surface area contributed by atoms with Crippen molar-refractivity contribution < 1.29 is 4.79 Å². The van der Waals surface area contributed by atoms with Gasteiger partial charge in [0.1, 0.15) is 11.5 Å². The number of fused-ring (bicyclic) bond motifs is 1. The number of aryl methyl sites for hydroxylation is 1. The van der Waals surface area contributed by atoms with Crippen LogP contribution in [0.5, 0.6) is 0 Å². The topological polar surface area (TPSA) is 63.9 Å². The predicted molar refractivity (Wildman–Crippen MR) is 110 cm³/mol. The highest BCUT2D eigenvalue weighted by atomic mass is 16.1. The molecule has 2 aromatic heterocycles. The molecule has 0 atom stereocenters. The molecule has 1 aliphatic heterocycles. The number of hydrogen-bond acceptors (Lipinski definition) is 5. The van der Waals surface area contributed by atoms with Crippen LogP contribution in [0.15, 0.2) is 36.7 Å². The molecular weight excluding hydrogens is 350 g/mol. The molecule has 1 aromatic carbocycles. The predicted octanol–water partition coefficient (Wildman–Crippen LogP) is 3.26. The normalized spacial score (nSPS) is 15.9. The number of pyridine rings is 1. The maximum atomic E-state index is 12.8. The Kier molecular flexibility index (Phi) is 5.48. The minimum absolute atomic E-state index is 0.177. The van der Waals surface area contributed by atoms with Gasteiger partial charge in [0.05, 0.1) is 6.20 Å². The minimum Gasteiger partial charge on any atom is -0.303 e. The van der Waals surface area contributed by atoms with Crippen LogP contribution in [0.4, 0.5) is 0 Å². The molecule has 1 fully saturated rings. The highest BCUT2D eigenvalue weighted by Gasteiger charge is 2.24. The number of rotatable bonds is 6. The number of carbonyl (C=O) groups excluding carboxylic acids is 1. The van der Waals surface area contributed by atoms with Gasteiger partial charge in [-0.15, -0.1) is 5.10 Å². The number of nitrogens with zero attached hydrogens (tertiary/aromatic N) is 5. The average Bonchev–Trinajstić information content (AvgIpc) is 3.14. The van der Waals surface area contributed by atoms with E-state index in [0.717, 1.165) is 60.2 Å². The number of carbonyl (C=O) groups is 1. The molecular formula is C22H27N5O. The second-order valence-electron chi connectivity index (χ2n) is 7.77. The van der Waals surface area contributed by atoms with Gasteiger partial charge in [0.15, 0.2) is 0 Å². The zero-order valence-corrected chi connectivity index (χ0v) is 16.6. The van der Waals surface area contributed by atoms with E-state index in [1.165, 1.54) is 6.42 Å². The van der Waals surface area contributed by atoms with Gasteiger partial charge in [0.25, 0.3) is 0 Å². The van der Waals surface area contributed by atoms with E-state index in [1.54, 1.807) is 4.68 Å². The fourth-order valence-corrected chi connectivity index (χ4v) is 4.04. The van der Waals surface area contributed by atoms with Crippen LogP contribution in [0.1, 0.15) is 31.9 Å². The van der Waals surface area contributed by atoms with Crippen LogP contribution in [-0.4, -0.2) is 50.3 Å². The Morgan fingerprint density at radius 2 is 2.00 bits per heavy atom. The van der Waals surface area contributed by atoms with Gasteiger partial charge in [-0.25, -0.2) is 0 Å². The number of Topliss-reactive ketones (excluding diaryl/α,β-unsaturated/α-hetero) is 1. The Morgan fingerprint density at radius 3 is 2.71 bits per heavy atom. The molecule has 146 valence electrons. The van der Waals surface area contributed by atoms with Crippen molar-refractivity contribution >= 4 is 16.6 Å². The van der Waals surface area contributed by atoms with Crippen molar-refractivity contribution in [1.29, 1.82) is 0 Å². The van der Waals surface area contributed by atoms with Crippen LogP contribution >= 0.6 is 0 Å². The Hall–Kier alpha value is -2.60. The summed E-state index contributed by atoms with van der Waals surface area (Å²) in [5, 5.41) is 10.3. The molecule has 3 aromatic rings. The summed E-state index contributed by atoms with van der Waals surface area (Å²) in [6.45, 7) is 5.42. The molecule has 0 unspecified atom stereocenters. The van der Waals surface area contributed by atoms with Gasteiger partial charge in [-0.2, -0.15) is 0 Å². The first-order valence-electron chi connectivity index (χ1n) is 10.1. The Labute approximate surface area is 165 Å². The summed E-state index contributed by atoms with van der Waals surface area (Å²) in [7, 11) is 1.86. The number of hydrogen-bond donors (Lipinski definition) is 0. The van der Waals surface area contributed by atoms with Crippen molar-refractivity contribution in [3.63, 3.8) is 0 Å². The van der Waals surface area contributed by atoms with Crippen molar-refractivity contribution in [3.05, 3.63) is 42.4 Å². The van der Waals surface area contributed by atoms with Crippen molar-refractivity contribution in [2.24, 2.45) is 13.0 Å². The highest BCUT2D eigenvalue weighted by molar-refractivity contribution is 5.88. The number of likely N-dealkylation sites (tertiary alicyclic amines) is 1. The van der Waals surface area contributed by atoms with Gasteiger partial charge in [-0.1, -0.05) is 24.3 Å².